The van der Waals surface area contributed by atoms with Gasteiger partial charge in [0.1, 0.15) is 5.52 Å². The summed E-state index contributed by atoms with van der Waals surface area (Å²) in [5.74, 6) is 0.0362. The number of aromatic nitrogens is 4. The van der Waals surface area contributed by atoms with Crippen molar-refractivity contribution in [2.24, 2.45) is 0 Å². The van der Waals surface area contributed by atoms with E-state index < -0.39 is 0 Å². The molecule has 3 aromatic rings. The number of fused-ring (bicyclic) bond motifs is 1. The fourth-order valence-electron chi connectivity index (χ4n) is 2.87. The van der Waals surface area contributed by atoms with Crippen LogP contribution < -0.4 is 10.9 Å². The molecule has 0 saturated heterocycles. The Hall–Kier alpha value is -2.61. The summed E-state index contributed by atoms with van der Waals surface area (Å²) in [5.41, 5.74) is 3.61. The summed E-state index contributed by atoms with van der Waals surface area (Å²) in [6.45, 7) is 8.77. The Morgan fingerprint density at radius 3 is 2.48 bits per heavy atom. The molecule has 0 spiro atoms. The maximum Gasteiger partial charge on any atom is 0.280 e. The molecule has 0 radical (unpaired) electrons. The van der Waals surface area contributed by atoms with Crippen LogP contribution in [0, 0.1) is 13.8 Å². The van der Waals surface area contributed by atoms with Gasteiger partial charge < -0.3 is 5.32 Å². The van der Waals surface area contributed by atoms with Crippen LogP contribution in [0.5, 0.6) is 0 Å². The molecule has 2 aromatic heterocycles. The second-order valence-corrected chi connectivity index (χ2v) is 7.19. The highest BCUT2D eigenvalue weighted by Gasteiger charge is 2.18. The van der Waals surface area contributed by atoms with Gasteiger partial charge >= 0.3 is 0 Å². The third-order valence-corrected chi connectivity index (χ3v) is 5.24. The highest BCUT2D eigenvalue weighted by Crippen LogP contribution is 2.20. The quantitative estimate of drug-likeness (QED) is 0.521. The van der Waals surface area contributed by atoms with E-state index in [1.54, 1.807) is 9.25 Å². The van der Waals surface area contributed by atoms with Gasteiger partial charge in [0.25, 0.3) is 5.56 Å². The van der Waals surface area contributed by atoms with E-state index in [1.165, 1.54) is 11.8 Å². The molecule has 0 atom stereocenters. The van der Waals surface area contributed by atoms with Gasteiger partial charge in [-0.2, -0.15) is 5.10 Å². The van der Waals surface area contributed by atoms with Gasteiger partial charge in [-0.1, -0.05) is 29.5 Å². The van der Waals surface area contributed by atoms with E-state index in [-0.39, 0.29) is 17.2 Å². The largest absolute Gasteiger partial charge is 0.325 e. The second kappa shape index (κ2) is 7.96. The number of carbonyl (C=O) groups excluding carboxylic acids is 1. The summed E-state index contributed by atoms with van der Waals surface area (Å²) in [5, 5.41) is 7.79. The molecule has 1 N–H and O–H groups in total. The monoisotopic (exact) mass is 385 g/mol. The van der Waals surface area contributed by atoms with E-state index in [9.17, 15) is 9.59 Å². The molecule has 0 aliphatic rings. The van der Waals surface area contributed by atoms with Crippen LogP contribution in [0.1, 0.15) is 25.1 Å². The molecule has 142 valence electrons. The molecule has 1 aromatic carbocycles. The fourth-order valence-corrected chi connectivity index (χ4v) is 3.73. The van der Waals surface area contributed by atoms with Gasteiger partial charge in [0.15, 0.2) is 10.7 Å². The van der Waals surface area contributed by atoms with Crippen LogP contribution in [0.2, 0.25) is 0 Å². The van der Waals surface area contributed by atoms with Gasteiger partial charge in [-0.3, -0.25) is 18.8 Å². The maximum atomic E-state index is 12.9. The Morgan fingerprint density at radius 2 is 1.85 bits per heavy atom. The zero-order valence-electron chi connectivity index (χ0n) is 15.9. The van der Waals surface area contributed by atoms with Crippen molar-refractivity contribution in [1.82, 2.24) is 19.3 Å². The third kappa shape index (κ3) is 3.90. The Kier molecular flexibility index (Phi) is 5.65. The molecular formula is C19H23N5O2S. The number of benzene rings is 1. The molecule has 3 rings (SSSR count). The molecule has 0 fully saturated rings. The molecule has 0 bridgehead atoms. The summed E-state index contributed by atoms with van der Waals surface area (Å²) in [6.07, 6.45) is 0. The van der Waals surface area contributed by atoms with Crippen LogP contribution in [-0.2, 0) is 17.9 Å². The molecule has 2 heterocycles. The predicted molar refractivity (Wildman–Crippen MR) is 108 cm³/mol. The lowest BCUT2D eigenvalue weighted by molar-refractivity contribution is -0.113. The lowest BCUT2D eigenvalue weighted by Gasteiger charge is -2.11. The van der Waals surface area contributed by atoms with Crippen molar-refractivity contribution in [1.29, 1.82) is 0 Å². The van der Waals surface area contributed by atoms with Crippen molar-refractivity contribution >= 4 is 34.4 Å². The third-order valence-electron chi connectivity index (χ3n) is 4.27. The number of thioether (sulfide) groups is 1. The number of hydrogen-bond donors (Lipinski definition) is 1. The SMILES string of the molecule is CCn1c(SCC(=O)Nc2ccc(C)cc2)nc2c(C)nn(CC)c2c1=O. The number of nitrogens with one attached hydrogen (secondary N) is 1. The summed E-state index contributed by atoms with van der Waals surface area (Å²) >= 11 is 1.26. The molecule has 0 aliphatic heterocycles. The molecule has 27 heavy (non-hydrogen) atoms. The first-order chi connectivity index (χ1) is 12.9. The molecule has 0 aliphatic carbocycles. The Morgan fingerprint density at radius 1 is 1.15 bits per heavy atom. The van der Waals surface area contributed by atoms with Gasteiger partial charge in [-0.25, -0.2) is 4.98 Å². The lowest BCUT2D eigenvalue weighted by atomic mass is 10.2. The number of carbonyl (C=O) groups is 1. The van der Waals surface area contributed by atoms with Crippen molar-refractivity contribution < 1.29 is 4.79 Å². The fraction of sp³-hybridized carbons (Fsp3) is 0.368. The van der Waals surface area contributed by atoms with Gasteiger partial charge in [-0.15, -0.1) is 0 Å². The van der Waals surface area contributed by atoms with Crippen LogP contribution >= 0.6 is 11.8 Å². The Balaban J connectivity index is 1.84. The van der Waals surface area contributed by atoms with E-state index in [1.807, 2.05) is 52.0 Å². The van der Waals surface area contributed by atoms with Crippen molar-refractivity contribution in [2.75, 3.05) is 11.1 Å². The van der Waals surface area contributed by atoms with Crippen molar-refractivity contribution in [2.45, 2.75) is 45.9 Å². The number of aryl methyl sites for hydroxylation is 3. The van der Waals surface area contributed by atoms with Gasteiger partial charge in [0.2, 0.25) is 5.91 Å². The zero-order valence-corrected chi connectivity index (χ0v) is 16.8. The summed E-state index contributed by atoms with van der Waals surface area (Å²) in [6, 6.07) is 7.63. The molecular weight excluding hydrogens is 362 g/mol. The number of hydrogen-bond acceptors (Lipinski definition) is 5. The highest BCUT2D eigenvalue weighted by molar-refractivity contribution is 7.99. The standard InChI is InChI=1S/C19H23N5O2S/c1-5-23-18(26)17-16(13(4)22-24(17)6-2)21-19(23)27-11-15(25)20-14-9-7-12(3)8-10-14/h7-10H,5-6,11H2,1-4H3,(H,20,25). The number of rotatable bonds is 6. The second-order valence-electron chi connectivity index (χ2n) is 6.25. The zero-order chi connectivity index (χ0) is 19.6. The van der Waals surface area contributed by atoms with Gasteiger partial charge in [0.05, 0.1) is 11.4 Å². The Labute approximate surface area is 161 Å². The molecule has 8 heteroatoms. The van der Waals surface area contributed by atoms with E-state index in [2.05, 4.69) is 15.4 Å². The minimum atomic E-state index is -0.137. The Bertz CT molecular complexity index is 1040. The molecule has 1 amide bonds. The van der Waals surface area contributed by atoms with Crippen molar-refractivity contribution in [3.8, 4) is 0 Å². The van der Waals surface area contributed by atoms with Crippen molar-refractivity contribution in [3.05, 3.63) is 45.9 Å². The van der Waals surface area contributed by atoms with E-state index in [0.29, 0.717) is 29.3 Å². The normalized spacial score (nSPS) is 11.1. The first-order valence-electron chi connectivity index (χ1n) is 8.91. The number of nitrogens with zero attached hydrogens (tertiary/aromatic N) is 4. The summed E-state index contributed by atoms with van der Waals surface area (Å²) in [7, 11) is 0. The van der Waals surface area contributed by atoms with Crippen LogP contribution in [0.4, 0.5) is 5.69 Å². The van der Waals surface area contributed by atoms with Crippen LogP contribution in [0.3, 0.4) is 0 Å². The van der Waals surface area contributed by atoms with Crippen LogP contribution in [0.15, 0.2) is 34.2 Å². The maximum absolute atomic E-state index is 12.9. The smallest absolute Gasteiger partial charge is 0.280 e. The first-order valence-corrected chi connectivity index (χ1v) is 9.90. The van der Waals surface area contributed by atoms with Gasteiger partial charge in [0, 0.05) is 18.8 Å². The molecule has 0 unspecified atom stereocenters. The van der Waals surface area contributed by atoms with E-state index in [4.69, 9.17) is 0 Å². The number of anilines is 1. The molecule has 7 nitrogen and oxygen atoms in total. The molecule has 0 saturated carbocycles. The predicted octanol–water partition coefficient (Wildman–Crippen LogP) is 2.98. The average molecular weight is 385 g/mol. The first kappa shape index (κ1) is 19.2. The average Bonchev–Trinajstić information content (AvgIpc) is 2.98. The minimum absolute atomic E-state index is 0.119. The topological polar surface area (TPSA) is 81.8 Å². The summed E-state index contributed by atoms with van der Waals surface area (Å²) in [4.78, 5) is 29.8. The van der Waals surface area contributed by atoms with Crippen LogP contribution in [-0.4, -0.2) is 31.0 Å². The van der Waals surface area contributed by atoms with Crippen molar-refractivity contribution in [3.63, 3.8) is 0 Å². The summed E-state index contributed by atoms with van der Waals surface area (Å²) < 4.78 is 3.28. The van der Waals surface area contributed by atoms with E-state index in [0.717, 1.165) is 16.9 Å². The highest BCUT2D eigenvalue weighted by atomic mass is 32.2. The van der Waals surface area contributed by atoms with Crippen LogP contribution in [0.25, 0.3) is 11.0 Å². The number of amides is 1. The minimum Gasteiger partial charge on any atom is -0.325 e. The van der Waals surface area contributed by atoms with Gasteiger partial charge in [-0.05, 0) is 39.8 Å². The lowest BCUT2D eigenvalue weighted by Crippen LogP contribution is -2.25. The van der Waals surface area contributed by atoms with E-state index >= 15 is 0 Å².